The van der Waals surface area contributed by atoms with Crippen molar-refractivity contribution in [1.29, 1.82) is 0 Å². The van der Waals surface area contributed by atoms with Crippen molar-refractivity contribution in [2.24, 2.45) is 0 Å². The van der Waals surface area contributed by atoms with Crippen molar-refractivity contribution in [2.75, 3.05) is 38.1 Å². The maximum absolute atomic E-state index is 15.7. The summed E-state index contributed by atoms with van der Waals surface area (Å²) < 4.78 is 23.7. The quantitative estimate of drug-likeness (QED) is 0.332. The third-order valence-corrected chi connectivity index (χ3v) is 9.37. The Hall–Kier alpha value is -3.77. The molecular formula is C31H37FN6O4S. The van der Waals surface area contributed by atoms with Crippen molar-refractivity contribution >= 4 is 55.2 Å². The number of rotatable bonds is 6. The zero-order valence-electron chi connectivity index (χ0n) is 24.9. The lowest BCUT2D eigenvalue weighted by molar-refractivity contribution is 0.0508. The Labute approximate surface area is 252 Å². The molecule has 0 radical (unpaired) electrons. The Bertz CT molecular complexity index is 1780. The first kappa shape index (κ1) is 29.3. The first-order valence-corrected chi connectivity index (χ1v) is 15.6. The highest BCUT2D eigenvalue weighted by Gasteiger charge is 2.30. The zero-order chi connectivity index (χ0) is 30.5. The van der Waals surface area contributed by atoms with E-state index in [1.807, 2.05) is 24.3 Å². The SMILES string of the molecule is CN1CCCC1CCNC(=O)c1c(=O)c2cc(F)c(N3CCC(NC(=O)OC(C)(C)C)C3)nc2n2c1sc1ccccc12. The van der Waals surface area contributed by atoms with E-state index in [-0.39, 0.29) is 22.8 Å². The lowest BCUT2D eigenvalue weighted by Crippen LogP contribution is -2.40. The van der Waals surface area contributed by atoms with E-state index in [2.05, 4.69) is 22.6 Å². The molecule has 2 unspecified atom stereocenters. The van der Waals surface area contributed by atoms with Gasteiger partial charge in [0.1, 0.15) is 16.0 Å². The number of carbonyl (C=O) groups is 2. The molecule has 5 heterocycles. The smallest absolute Gasteiger partial charge is 0.407 e. The minimum atomic E-state index is -0.655. The number of alkyl carbamates (subject to hydrolysis) is 1. The molecule has 0 spiro atoms. The molecule has 12 heteroatoms. The highest BCUT2D eigenvalue weighted by molar-refractivity contribution is 7.24. The molecule has 4 aromatic rings. The monoisotopic (exact) mass is 608 g/mol. The number of anilines is 1. The van der Waals surface area contributed by atoms with Gasteiger partial charge in [-0.1, -0.05) is 12.1 Å². The molecule has 10 nitrogen and oxygen atoms in total. The van der Waals surface area contributed by atoms with Crippen LogP contribution in [0.5, 0.6) is 0 Å². The van der Waals surface area contributed by atoms with Crippen molar-refractivity contribution in [3.63, 3.8) is 0 Å². The van der Waals surface area contributed by atoms with Gasteiger partial charge in [-0.15, -0.1) is 11.3 Å². The second-order valence-electron chi connectivity index (χ2n) is 12.5. The number of para-hydroxylation sites is 1. The number of likely N-dealkylation sites (tertiary alicyclic amines) is 1. The van der Waals surface area contributed by atoms with E-state index >= 15 is 4.39 Å². The van der Waals surface area contributed by atoms with E-state index in [0.29, 0.717) is 42.6 Å². The molecule has 6 rings (SSSR count). The number of amides is 2. The largest absolute Gasteiger partial charge is 0.444 e. The van der Waals surface area contributed by atoms with Crippen LogP contribution in [0, 0.1) is 5.82 Å². The van der Waals surface area contributed by atoms with E-state index in [4.69, 9.17) is 9.72 Å². The van der Waals surface area contributed by atoms with Gasteiger partial charge in [0.2, 0.25) is 5.43 Å². The molecule has 228 valence electrons. The maximum Gasteiger partial charge on any atom is 0.407 e. The molecule has 3 aromatic heterocycles. The average Bonchev–Trinajstić information content (AvgIpc) is 3.66. The highest BCUT2D eigenvalue weighted by Crippen LogP contribution is 2.33. The summed E-state index contributed by atoms with van der Waals surface area (Å²) in [6, 6.07) is 8.97. The molecule has 2 N–H and O–H groups in total. The summed E-state index contributed by atoms with van der Waals surface area (Å²) in [6.07, 6.45) is 3.10. The van der Waals surface area contributed by atoms with Gasteiger partial charge in [0.05, 0.1) is 21.6 Å². The third kappa shape index (κ3) is 5.77. The van der Waals surface area contributed by atoms with Gasteiger partial charge in [0.15, 0.2) is 17.3 Å². The Kier molecular flexibility index (Phi) is 7.76. The number of nitrogens with one attached hydrogen (secondary N) is 2. The molecule has 2 aliphatic rings. The minimum Gasteiger partial charge on any atom is -0.444 e. The summed E-state index contributed by atoms with van der Waals surface area (Å²) in [5.41, 5.74) is -0.0867. The number of aromatic nitrogens is 2. The molecule has 0 saturated carbocycles. The van der Waals surface area contributed by atoms with Crippen LogP contribution in [-0.2, 0) is 4.74 Å². The number of fused-ring (bicyclic) bond motifs is 5. The van der Waals surface area contributed by atoms with Crippen LogP contribution in [0.25, 0.3) is 26.1 Å². The van der Waals surface area contributed by atoms with Crippen LogP contribution < -0.4 is 21.0 Å². The molecule has 2 aliphatic heterocycles. The molecular weight excluding hydrogens is 571 g/mol. The van der Waals surface area contributed by atoms with Gasteiger partial charge in [0, 0.05) is 25.7 Å². The molecule has 2 amide bonds. The van der Waals surface area contributed by atoms with E-state index in [0.717, 1.165) is 36.0 Å². The average molecular weight is 609 g/mol. The fourth-order valence-corrected chi connectivity index (χ4v) is 7.33. The van der Waals surface area contributed by atoms with E-state index in [9.17, 15) is 14.4 Å². The van der Waals surface area contributed by atoms with Crippen LogP contribution in [0.3, 0.4) is 0 Å². The van der Waals surface area contributed by atoms with Gasteiger partial charge in [-0.2, -0.15) is 0 Å². The topological polar surface area (TPSA) is 108 Å². The Morgan fingerprint density at radius 2 is 1.98 bits per heavy atom. The van der Waals surface area contributed by atoms with E-state index in [1.54, 1.807) is 30.1 Å². The van der Waals surface area contributed by atoms with Crippen molar-refractivity contribution < 1.29 is 18.7 Å². The first-order chi connectivity index (χ1) is 20.5. The Morgan fingerprint density at radius 3 is 2.72 bits per heavy atom. The number of nitrogens with zero attached hydrogens (tertiary/aromatic N) is 4. The molecule has 0 aliphatic carbocycles. The van der Waals surface area contributed by atoms with Crippen LogP contribution in [0.2, 0.25) is 0 Å². The van der Waals surface area contributed by atoms with Crippen molar-refractivity contribution in [3.05, 3.63) is 51.9 Å². The van der Waals surface area contributed by atoms with Crippen LogP contribution in [0.1, 0.15) is 56.8 Å². The van der Waals surface area contributed by atoms with Crippen molar-refractivity contribution in [3.8, 4) is 0 Å². The van der Waals surface area contributed by atoms with Gasteiger partial charge >= 0.3 is 6.09 Å². The standard InChI is InChI=1S/C31H37FN6O4S/c1-31(2,3)42-30(41)34-18-12-15-37(17-18)27-21(32)16-20-25(39)24(28(40)33-13-11-19-8-7-14-36(19)4)29-38(26(20)35-27)22-9-5-6-10-23(22)43-29/h5-6,9-10,16,18-19H,7-8,11-15,17H2,1-4H3,(H,33,40)(H,34,41). The molecule has 2 saturated heterocycles. The molecule has 2 fully saturated rings. The number of hydrogen-bond acceptors (Lipinski definition) is 8. The third-order valence-electron chi connectivity index (χ3n) is 8.22. The number of halogens is 1. The minimum absolute atomic E-state index is 0.00484. The van der Waals surface area contributed by atoms with Gasteiger partial charge in [-0.25, -0.2) is 14.2 Å². The van der Waals surface area contributed by atoms with Gasteiger partial charge in [-0.05, 0) is 78.2 Å². The van der Waals surface area contributed by atoms with Gasteiger partial charge in [0.25, 0.3) is 5.91 Å². The predicted molar refractivity (Wildman–Crippen MR) is 167 cm³/mol. The summed E-state index contributed by atoms with van der Waals surface area (Å²) in [4.78, 5) is 48.9. The summed E-state index contributed by atoms with van der Waals surface area (Å²) in [6.45, 7) is 7.69. The number of ether oxygens (including phenoxy) is 1. The molecule has 43 heavy (non-hydrogen) atoms. The number of hydrogen-bond donors (Lipinski definition) is 2. The summed E-state index contributed by atoms with van der Waals surface area (Å²) in [7, 11) is 2.09. The zero-order valence-corrected chi connectivity index (χ0v) is 25.7. The Balaban J connectivity index is 1.35. The van der Waals surface area contributed by atoms with Gasteiger partial charge < -0.3 is 25.2 Å². The highest BCUT2D eigenvalue weighted by atomic mass is 32.1. The van der Waals surface area contributed by atoms with E-state index in [1.165, 1.54) is 17.4 Å². The normalized spacial score (nSPS) is 19.5. The lowest BCUT2D eigenvalue weighted by atomic mass is 10.1. The number of benzene rings is 1. The first-order valence-electron chi connectivity index (χ1n) is 14.8. The summed E-state index contributed by atoms with van der Waals surface area (Å²) in [5.74, 6) is -1.02. The molecule has 0 bridgehead atoms. The van der Waals surface area contributed by atoms with Gasteiger partial charge in [-0.3, -0.25) is 14.0 Å². The summed E-state index contributed by atoms with van der Waals surface area (Å²) >= 11 is 1.34. The molecule has 2 atom stereocenters. The second kappa shape index (κ2) is 11.4. The predicted octanol–water partition coefficient (Wildman–Crippen LogP) is 4.52. The molecule has 1 aromatic carbocycles. The number of carbonyl (C=O) groups excluding carboxylic acids is 2. The fraction of sp³-hybridized carbons (Fsp3) is 0.484. The maximum atomic E-state index is 15.7. The van der Waals surface area contributed by atoms with Crippen molar-refractivity contribution in [1.82, 2.24) is 24.9 Å². The lowest BCUT2D eigenvalue weighted by Gasteiger charge is -2.22. The van der Waals surface area contributed by atoms with Crippen LogP contribution in [0.4, 0.5) is 15.0 Å². The van der Waals surface area contributed by atoms with E-state index < -0.39 is 28.8 Å². The second-order valence-corrected chi connectivity index (χ2v) is 13.5. The van der Waals surface area contributed by atoms with Crippen LogP contribution >= 0.6 is 11.3 Å². The summed E-state index contributed by atoms with van der Waals surface area (Å²) in [5, 5.41) is 5.85. The van der Waals surface area contributed by atoms with Crippen LogP contribution in [-0.4, -0.2) is 77.2 Å². The number of pyridine rings is 2. The van der Waals surface area contributed by atoms with Crippen LogP contribution in [0.15, 0.2) is 35.1 Å². The Morgan fingerprint density at radius 1 is 1.19 bits per heavy atom. The van der Waals surface area contributed by atoms with Crippen molar-refractivity contribution in [2.45, 2.75) is 64.1 Å². The number of thiazole rings is 1. The fourth-order valence-electron chi connectivity index (χ4n) is 6.15.